The Balaban J connectivity index is 2.02. The normalized spacial score (nSPS) is 12.1. The Labute approximate surface area is 251 Å². The van der Waals surface area contributed by atoms with Crippen LogP contribution in [0.25, 0.3) is 0 Å². The monoisotopic (exact) mass is 623 g/mol. The first-order valence-electron chi connectivity index (χ1n) is 12.8. The van der Waals surface area contributed by atoms with E-state index >= 15 is 0 Å². The molecule has 0 radical (unpaired) electrons. The van der Waals surface area contributed by atoms with Gasteiger partial charge in [-0.15, -0.1) is 0 Å². The number of sulfonamides is 1. The predicted octanol–water partition coefficient (Wildman–Crippen LogP) is 6.48. The van der Waals surface area contributed by atoms with Crippen LogP contribution >= 0.6 is 34.8 Å². The van der Waals surface area contributed by atoms with E-state index in [1.54, 1.807) is 43.3 Å². The zero-order chi connectivity index (χ0) is 29.4. The number of amides is 2. The van der Waals surface area contributed by atoms with Gasteiger partial charge in [-0.05, 0) is 79.9 Å². The molecule has 0 aliphatic carbocycles. The van der Waals surface area contributed by atoms with Crippen molar-refractivity contribution in [1.82, 2.24) is 10.2 Å². The molecule has 1 N–H and O–H groups in total. The molecule has 0 aliphatic rings. The van der Waals surface area contributed by atoms with Gasteiger partial charge in [0.2, 0.25) is 11.8 Å². The molecule has 0 saturated heterocycles. The maximum Gasteiger partial charge on any atom is 0.264 e. The minimum atomic E-state index is -4.18. The molecule has 0 bridgehead atoms. The summed E-state index contributed by atoms with van der Waals surface area (Å²) in [6.07, 6.45) is 1.68. The van der Waals surface area contributed by atoms with Crippen LogP contribution < -0.4 is 9.62 Å². The average molecular weight is 625 g/mol. The van der Waals surface area contributed by atoms with Gasteiger partial charge in [-0.2, -0.15) is 0 Å². The zero-order valence-electron chi connectivity index (χ0n) is 22.5. The van der Waals surface area contributed by atoms with E-state index in [0.717, 1.165) is 22.7 Å². The van der Waals surface area contributed by atoms with E-state index in [2.05, 4.69) is 5.32 Å². The molecule has 0 saturated carbocycles. The van der Waals surface area contributed by atoms with E-state index in [1.165, 1.54) is 29.2 Å². The van der Waals surface area contributed by atoms with Crippen LogP contribution in [0.3, 0.4) is 0 Å². The Morgan fingerprint density at radius 3 is 2.25 bits per heavy atom. The lowest BCUT2D eigenvalue weighted by atomic mass is 10.1. The number of unbranched alkanes of at least 4 members (excludes halogenated alkanes) is 1. The van der Waals surface area contributed by atoms with Crippen LogP contribution in [0.1, 0.15) is 37.8 Å². The number of carbonyl (C=O) groups excluding carboxylic acids is 2. The summed E-state index contributed by atoms with van der Waals surface area (Å²) >= 11 is 18.5. The SMILES string of the molecule is CCCCNC(=O)C(C)N(Cc1ccc(Cl)cc1Cl)C(=O)CN(c1cccc(C)c1)S(=O)(=O)c1ccc(Cl)cc1. The van der Waals surface area contributed by atoms with Crippen molar-refractivity contribution in [3.8, 4) is 0 Å². The lowest BCUT2D eigenvalue weighted by Crippen LogP contribution is -2.51. The molecular weight excluding hydrogens is 593 g/mol. The Kier molecular flexibility index (Phi) is 11.3. The van der Waals surface area contributed by atoms with E-state index in [0.29, 0.717) is 32.9 Å². The number of halogens is 3. The highest BCUT2D eigenvalue weighted by Gasteiger charge is 2.32. The number of rotatable bonds is 12. The molecule has 11 heteroatoms. The van der Waals surface area contributed by atoms with Crippen molar-refractivity contribution in [2.45, 2.75) is 51.1 Å². The second-order valence-electron chi connectivity index (χ2n) is 9.38. The van der Waals surface area contributed by atoms with E-state index in [-0.39, 0.29) is 17.3 Å². The van der Waals surface area contributed by atoms with E-state index in [4.69, 9.17) is 34.8 Å². The van der Waals surface area contributed by atoms with Crippen LogP contribution in [-0.4, -0.2) is 44.3 Å². The molecule has 0 aliphatic heterocycles. The zero-order valence-corrected chi connectivity index (χ0v) is 25.6. The third kappa shape index (κ3) is 8.13. The van der Waals surface area contributed by atoms with Gasteiger partial charge in [0.25, 0.3) is 10.0 Å². The highest BCUT2D eigenvalue weighted by atomic mass is 35.5. The Morgan fingerprint density at radius 2 is 1.62 bits per heavy atom. The van der Waals surface area contributed by atoms with Crippen LogP contribution in [0, 0.1) is 6.92 Å². The summed E-state index contributed by atoms with van der Waals surface area (Å²) in [7, 11) is -4.18. The summed E-state index contributed by atoms with van der Waals surface area (Å²) in [5, 5.41) is 3.99. The first-order chi connectivity index (χ1) is 18.9. The van der Waals surface area contributed by atoms with Crippen LogP contribution in [-0.2, 0) is 26.2 Å². The molecular formula is C29H32Cl3N3O4S. The molecule has 214 valence electrons. The smallest absolute Gasteiger partial charge is 0.264 e. The number of nitrogens with one attached hydrogen (secondary N) is 1. The number of benzene rings is 3. The molecule has 1 atom stereocenters. The van der Waals surface area contributed by atoms with Crippen LogP contribution in [0.5, 0.6) is 0 Å². The molecule has 1 unspecified atom stereocenters. The van der Waals surface area contributed by atoms with E-state index < -0.39 is 28.5 Å². The summed E-state index contributed by atoms with van der Waals surface area (Å²) in [6, 6.07) is 16.5. The Hall–Kier alpha value is -2.78. The van der Waals surface area contributed by atoms with E-state index in [1.807, 2.05) is 19.9 Å². The molecule has 0 spiro atoms. The topological polar surface area (TPSA) is 86.8 Å². The number of anilines is 1. The van der Waals surface area contributed by atoms with Gasteiger partial charge in [-0.3, -0.25) is 13.9 Å². The summed E-state index contributed by atoms with van der Waals surface area (Å²) in [4.78, 5) is 28.3. The fourth-order valence-electron chi connectivity index (χ4n) is 4.00. The summed E-state index contributed by atoms with van der Waals surface area (Å²) in [5.41, 5.74) is 1.69. The quantitative estimate of drug-likeness (QED) is 0.234. The Morgan fingerprint density at radius 1 is 0.950 bits per heavy atom. The molecule has 3 rings (SSSR count). The van der Waals surface area contributed by atoms with Crippen molar-refractivity contribution in [3.05, 3.63) is 92.9 Å². The maximum absolute atomic E-state index is 14.0. The van der Waals surface area contributed by atoms with Crippen molar-refractivity contribution in [2.24, 2.45) is 0 Å². The maximum atomic E-state index is 14.0. The lowest BCUT2D eigenvalue weighted by Gasteiger charge is -2.32. The fraction of sp³-hybridized carbons (Fsp3) is 0.310. The van der Waals surface area contributed by atoms with Gasteiger partial charge in [0, 0.05) is 28.2 Å². The van der Waals surface area contributed by atoms with Crippen molar-refractivity contribution >= 4 is 62.3 Å². The summed E-state index contributed by atoms with van der Waals surface area (Å²) < 4.78 is 28.7. The minimum Gasteiger partial charge on any atom is -0.354 e. The van der Waals surface area contributed by atoms with Gasteiger partial charge in [0.1, 0.15) is 12.6 Å². The minimum absolute atomic E-state index is 0.0242. The van der Waals surface area contributed by atoms with Gasteiger partial charge >= 0.3 is 0 Å². The van der Waals surface area contributed by atoms with Crippen molar-refractivity contribution in [2.75, 3.05) is 17.4 Å². The number of hydrogen-bond acceptors (Lipinski definition) is 4. The molecule has 0 aromatic heterocycles. The van der Waals surface area contributed by atoms with Gasteiger partial charge < -0.3 is 10.2 Å². The molecule has 0 fully saturated rings. The van der Waals surface area contributed by atoms with E-state index in [9.17, 15) is 18.0 Å². The standard InChI is InChI=1S/C29H32Cl3N3O4S/c1-4-5-15-33-29(37)21(3)34(18-22-9-10-24(31)17-27(22)32)28(36)19-35(25-8-6-7-20(2)16-25)40(38,39)26-13-11-23(30)12-14-26/h6-14,16-17,21H,4-5,15,18-19H2,1-3H3,(H,33,37). The molecule has 3 aromatic rings. The number of carbonyl (C=O) groups is 2. The third-order valence-electron chi connectivity index (χ3n) is 6.32. The predicted molar refractivity (Wildman–Crippen MR) is 162 cm³/mol. The second-order valence-corrected chi connectivity index (χ2v) is 12.5. The van der Waals surface area contributed by atoms with Crippen LogP contribution in [0.15, 0.2) is 71.6 Å². The number of nitrogens with zero attached hydrogens (tertiary/aromatic N) is 2. The summed E-state index contributed by atoms with van der Waals surface area (Å²) in [5.74, 6) is -0.933. The molecule has 0 heterocycles. The second kappa shape index (κ2) is 14.2. The summed E-state index contributed by atoms with van der Waals surface area (Å²) in [6.45, 7) is 5.33. The van der Waals surface area contributed by atoms with Crippen molar-refractivity contribution in [1.29, 1.82) is 0 Å². The molecule has 7 nitrogen and oxygen atoms in total. The number of aryl methyl sites for hydroxylation is 1. The van der Waals surface area contributed by atoms with Crippen molar-refractivity contribution < 1.29 is 18.0 Å². The first-order valence-corrected chi connectivity index (χ1v) is 15.4. The van der Waals surface area contributed by atoms with Crippen LogP contribution in [0.4, 0.5) is 5.69 Å². The van der Waals surface area contributed by atoms with Gasteiger partial charge in [-0.25, -0.2) is 8.42 Å². The lowest BCUT2D eigenvalue weighted by molar-refractivity contribution is -0.139. The molecule has 3 aromatic carbocycles. The molecule has 2 amide bonds. The number of hydrogen-bond donors (Lipinski definition) is 1. The van der Waals surface area contributed by atoms with Crippen LogP contribution in [0.2, 0.25) is 15.1 Å². The van der Waals surface area contributed by atoms with Gasteiger partial charge in [0.05, 0.1) is 10.6 Å². The Bertz CT molecular complexity index is 1450. The first kappa shape index (κ1) is 31.7. The fourth-order valence-corrected chi connectivity index (χ4v) is 6.00. The van der Waals surface area contributed by atoms with Gasteiger partial charge in [-0.1, -0.05) is 66.3 Å². The highest BCUT2D eigenvalue weighted by molar-refractivity contribution is 7.92. The van der Waals surface area contributed by atoms with Crippen molar-refractivity contribution in [3.63, 3.8) is 0 Å². The average Bonchev–Trinajstić information content (AvgIpc) is 2.91. The highest BCUT2D eigenvalue weighted by Crippen LogP contribution is 2.27. The third-order valence-corrected chi connectivity index (χ3v) is 8.95. The molecule has 40 heavy (non-hydrogen) atoms. The largest absolute Gasteiger partial charge is 0.354 e. The van der Waals surface area contributed by atoms with Gasteiger partial charge in [0.15, 0.2) is 0 Å².